The fourth-order valence-electron chi connectivity index (χ4n) is 2.44. The lowest BCUT2D eigenvalue weighted by Gasteiger charge is -2.12. The molecule has 1 N–H and O–H groups in total. The van der Waals surface area contributed by atoms with E-state index in [0.717, 1.165) is 34.5 Å². The predicted octanol–water partition coefficient (Wildman–Crippen LogP) is 3.57. The van der Waals surface area contributed by atoms with Crippen LogP contribution in [-0.4, -0.2) is 11.6 Å². The lowest BCUT2D eigenvalue weighted by atomic mass is 10.1. The van der Waals surface area contributed by atoms with Crippen LogP contribution in [0.15, 0.2) is 28.7 Å². The van der Waals surface area contributed by atoms with Crippen LogP contribution < -0.4 is 10.1 Å². The molecule has 0 saturated carbocycles. The second kappa shape index (κ2) is 5.74. The first-order chi connectivity index (χ1) is 10.2. The Labute approximate surface area is 131 Å². The lowest BCUT2D eigenvalue weighted by Crippen LogP contribution is -2.05. The fourth-order valence-corrected chi connectivity index (χ4v) is 2.99. The molecule has 4 nitrogen and oxygen atoms in total. The molecule has 106 valence electrons. The largest absolute Gasteiger partial charge is 0.493 e. The molecular weight excluding hydrogens is 330 g/mol. The van der Waals surface area contributed by atoms with Crippen LogP contribution in [0, 0.1) is 18.3 Å². The van der Waals surface area contributed by atoms with E-state index in [1.54, 1.807) is 6.07 Å². The number of anilines is 1. The number of hydrogen-bond acceptors (Lipinski definition) is 4. The number of rotatable bonds is 3. The maximum atomic E-state index is 9.14. The number of aryl methyl sites for hydroxylation is 1. The van der Waals surface area contributed by atoms with Crippen molar-refractivity contribution in [3.63, 3.8) is 0 Å². The number of aromatic nitrogens is 1. The molecule has 21 heavy (non-hydrogen) atoms. The molecule has 1 aliphatic rings. The third-order valence-electron chi connectivity index (χ3n) is 3.43. The zero-order chi connectivity index (χ0) is 14.8. The number of nitrogens with zero attached hydrogens (tertiary/aromatic N) is 2. The van der Waals surface area contributed by atoms with Crippen molar-refractivity contribution in [1.29, 1.82) is 5.26 Å². The Morgan fingerprint density at radius 1 is 1.43 bits per heavy atom. The van der Waals surface area contributed by atoms with Crippen molar-refractivity contribution in [3.8, 4) is 11.8 Å². The third-order valence-corrected chi connectivity index (χ3v) is 3.88. The Hall–Kier alpha value is -2.06. The van der Waals surface area contributed by atoms with E-state index in [0.29, 0.717) is 17.9 Å². The van der Waals surface area contributed by atoms with Crippen molar-refractivity contribution in [2.45, 2.75) is 19.9 Å². The van der Waals surface area contributed by atoms with Crippen molar-refractivity contribution >= 4 is 21.7 Å². The molecule has 0 atom stereocenters. The van der Waals surface area contributed by atoms with Gasteiger partial charge >= 0.3 is 0 Å². The average Bonchev–Trinajstić information content (AvgIpc) is 2.93. The van der Waals surface area contributed by atoms with Gasteiger partial charge in [0.2, 0.25) is 0 Å². The van der Waals surface area contributed by atoms with Crippen molar-refractivity contribution in [2.24, 2.45) is 0 Å². The quantitative estimate of drug-likeness (QED) is 0.925. The SMILES string of the molecule is Cc1ccc(C#N)c(NCc2cc(Br)cc3c2OCC3)n1. The van der Waals surface area contributed by atoms with Gasteiger partial charge in [0.15, 0.2) is 0 Å². The summed E-state index contributed by atoms with van der Waals surface area (Å²) in [6.45, 7) is 3.21. The maximum Gasteiger partial charge on any atom is 0.144 e. The molecule has 1 aromatic heterocycles. The number of hydrogen-bond donors (Lipinski definition) is 1. The van der Waals surface area contributed by atoms with Gasteiger partial charge in [-0.2, -0.15) is 5.26 Å². The second-order valence-corrected chi connectivity index (χ2v) is 5.88. The van der Waals surface area contributed by atoms with Crippen LogP contribution in [0.1, 0.15) is 22.4 Å². The maximum absolute atomic E-state index is 9.14. The third kappa shape index (κ3) is 2.86. The zero-order valence-corrected chi connectivity index (χ0v) is 13.2. The van der Waals surface area contributed by atoms with Gasteiger partial charge in [0.1, 0.15) is 17.6 Å². The summed E-state index contributed by atoms with van der Waals surface area (Å²) in [6, 6.07) is 9.91. The lowest BCUT2D eigenvalue weighted by molar-refractivity contribution is 0.354. The highest BCUT2D eigenvalue weighted by Gasteiger charge is 2.17. The van der Waals surface area contributed by atoms with Crippen LogP contribution in [0.25, 0.3) is 0 Å². The first-order valence-corrected chi connectivity index (χ1v) is 7.52. The molecule has 5 heteroatoms. The summed E-state index contributed by atoms with van der Waals surface area (Å²) >= 11 is 3.53. The van der Waals surface area contributed by atoms with Crippen LogP contribution in [0.2, 0.25) is 0 Å². The van der Waals surface area contributed by atoms with Crippen LogP contribution in [-0.2, 0) is 13.0 Å². The number of benzene rings is 1. The molecule has 1 aromatic carbocycles. The highest BCUT2D eigenvalue weighted by molar-refractivity contribution is 9.10. The van der Waals surface area contributed by atoms with Gasteiger partial charge in [-0.05, 0) is 36.8 Å². The molecule has 0 aliphatic carbocycles. The van der Waals surface area contributed by atoms with Gasteiger partial charge in [-0.15, -0.1) is 0 Å². The van der Waals surface area contributed by atoms with Gasteiger partial charge in [-0.25, -0.2) is 4.98 Å². The monoisotopic (exact) mass is 343 g/mol. The van der Waals surface area contributed by atoms with Crippen LogP contribution in [0.5, 0.6) is 5.75 Å². The molecule has 0 spiro atoms. The van der Waals surface area contributed by atoms with Gasteiger partial charge in [-0.1, -0.05) is 15.9 Å². The minimum Gasteiger partial charge on any atom is -0.493 e. The summed E-state index contributed by atoms with van der Waals surface area (Å²) in [7, 11) is 0. The van der Waals surface area contributed by atoms with E-state index in [4.69, 9.17) is 10.00 Å². The standard InChI is InChI=1S/C16H14BrN3O/c1-10-2-3-12(8-18)16(20-10)19-9-13-7-14(17)6-11-4-5-21-15(11)13/h2-3,6-7H,4-5,9H2,1H3,(H,19,20). The first-order valence-electron chi connectivity index (χ1n) is 6.73. The fraction of sp³-hybridized carbons (Fsp3) is 0.250. The van der Waals surface area contributed by atoms with Gasteiger partial charge in [0, 0.05) is 28.7 Å². The molecule has 0 bridgehead atoms. The minimum atomic E-state index is 0.549. The van der Waals surface area contributed by atoms with E-state index >= 15 is 0 Å². The Morgan fingerprint density at radius 2 is 2.29 bits per heavy atom. The van der Waals surface area contributed by atoms with Crippen molar-refractivity contribution in [1.82, 2.24) is 4.98 Å². The molecular formula is C16H14BrN3O. The summed E-state index contributed by atoms with van der Waals surface area (Å²) in [6.07, 6.45) is 0.938. The smallest absolute Gasteiger partial charge is 0.144 e. The molecule has 0 unspecified atom stereocenters. The molecule has 2 heterocycles. The van der Waals surface area contributed by atoms with E-state index in [-0.39, 0.29) is 0 Å². The van der Waals surface area contributed by atoms with Gasteiger partial charge in [-0.3, -0.25) is 0 Å². The van der Waals surface area contributed by atoms with Crippen molar-refractivity contribution < 1.29 is 4.74 Å². The molecule has 2 aromatic rings. The van der Waals surface area contributed by atoms with Crippen LogP contribution in [0.3, 0.4) is 0 Å². The second-order valence-electron chi connectivity index (χ2n) is 4.97. The average molecular weight is 344 g/mol. The Bertz CT molecular complexity index is 737. The molecule has 1 aliphatic heterocycles. The number of ether oxygens (including phenoxy) is 1. The number of nitrogens with one attached hydrogen (secondary N) is 1. The summed E-state index contributed by atoms with van der Waals surface area (Å²) in [5.74, 6) is 1.57. The summed E-state index contributed by atoms with van der Waals surface area (Å²) in [5, 5.41) is 12.4. The van der Waals surface area contributed by atoms with Gasteiger partial charge in [0.25, 0.3) is 0 Å². The van der Waals surface area contributed by atoms with Gasteiger partial charge < -0.3 is 10.1 Å². The van der Waals surface area contributed by atoms with E-state index in [2.05, 4.69) is 38.4 Å². The Kier molecular flexibility index (Phi) is 3.80. The summed E-state index contributed by atoms with van der Waals surface area (Å²) < 4.78 is 6.75. The molecule has 0 saturated heterocycles. The minimum absolute atomic E-state index is 0.549. The van der Waals surface area contributed by atoms with E-state index in [1.165, 1.54) is 5.56 Å². The molecule has 0 radical (unpaired) electrons. The Balaban J connectivity index is 1.86. The molecule has 3 rings (SSSR count). The number of fused-ring (bicyclic) bond motifs is 1. The van der Waals surface area contributed by atoms with Crippen LogP contribution >= 0.6 is 15.9 Å². The molecule has 0 fully saturated rings. The van der Waals surface area contributed by atoms with E-state index < -0.39 is 0 Å². The van der Waals surface area contributed by atoms with E-state index in [1.807, 2.05) is 19.1 Å². The number of nitriles is 1. The van der Waals surface area contributed by atoms with Gasteiger partial charge in [0.05, 0.1) is 12.2 Å². The highest BCUT2D eigenvalue weighted by atomic mass is 79.9. The summed E-state index contributed by atoms with van der Waals surface area (Å²) in [5.41, 5.74) is 3.73. The zero-order valence-electron chi connectivity index (χ0n) is 11.6. The Morgan fingerprint density at radius 3 is 3.10 bits per heavy atom. The van der Waals surface area contributed by atoms with Crippen molar-refractivity contribution in [2.75, 3.05) is 11.9 Å². The normalized spacial score (nSPS) is 12.4. The molecule has 0 amide bonds. The number of pyridine rings is 1. The predicted molar refractivity (Wildman–Crippen MR) is 84.4 cm³/mol. The summed E-state index contributed by atoms with van der Waals surface area (Å²) in [4.78, 5) is 4.39. The van der Waals surface area contributed by atoms with Crippen molar-refractivity contribution in [3.05, 3.63) is 51.1 Å². The number of halogens is 1. The van der Waals surface area contributed by atoms with Crippen LogP contribution in [0.4, 0.5) is 5.82 Å². The highest BCUT2D eigenvalue weighted by Crippen LogP contribution is 2.33. The van der Waals surface area contributed by atoms with E-state index in [9.17, 15) is 0 Å². The topological polar surface area (TPSA) is 57.9 Å². The first kappa shape index (κ1) is 13.9.